The molecule has 0 unspecified atom stereocenters. The maximum Gasteiger partial charge on any atom is 0.257 e. The van der Waals surface area contributed by atoms with Crippen molar-refractivity contribution in [1.29, 1.82) is 0 Å². The highest BCUT2D eigenvalue weighted by atomic mass is 32.1. The Morgan fingerprint density at radius 2 is 1.68 bits per heavy atom. The molecule has 0 fully saturated rings. The van der Waals surface area contributed by atoms with E-state index >= 15 is 0 Å². The quantitative estimate of drug-likeness (QED) is 0.327. The van der Waals surface area contributed by atoms with Crippen molar-refractivity contribution in [2.75, 3.05) is 31.7 Å². The van der Waals surface area contributed by atoms with Gasteiger partial charge in [0.1, 0.15) is 18.1 Å². The first kappa shape index (κ1) is 24.6. The molecule has 0 saturated carbocycles. The summed E-state index contributed by atoms with van der Waals surface area (Å²) in [6, 6.07) is 14.5. The van der Waals surface area contributed by atoms with Gasteiger partial charge in [0.05, 0.1) is 18.9 Å². The van der Waals surface area contributed by atoms with Crippen LogP contribution in [0, 0.1) is 0 Å². The highest BCUT2D eigenvalue weighted by molar-refractivity contribution is 7.80. The molecular formula is C24H32N2O4S. The van der Waals surface area contributed by atoms with Gasteiger partial charge in [-0.2, -0.15) is 0 Å². The number of amides is 1. The number of hydrogen-bond acceptors (Lipinski definition) is 5. The van der Waals surface area contributed by atoms with Crippen LogP contribution in [0.15, 0.2) is 48.5 Å². The van der Waals surface area contributed by atoms with Crippen LogP contribution < -0.4 is 20.1 Å². The van der Waals surface area contributed by atoms with Crippen molar-refractivity contribution in [1.82, 2.24) is 5.32 Å². The average Bonchev–Trinajstić information content (AvgIpc) is 2.78. The Hall–Kier alpha value is -2.64. The first-order valence-electron chi connectivity index (χ1n) is 10.8. The van der Waals surface area contributed by atoms with Gasteiger partial charge in [0.15, 0.2) is 5.11 Å². The summed E-state index contributed by atoms with van der Waals surface area (Å²) in [6.45, 7) is 6.38. The third-order valence-electron chi connectivity index (χ3n) is 4.43. The fourth-order valence-electron chi connectivity index (χ4n) is 2.80. The van der Waals surface area contributed by atoms with Gasteiger partial charge in [-0.05, 0) is 62.0 Å². The number of carbonyl (C=O) groups excluding carboxylic acids is 1. The number of anilines is 1. The summed E-state index contributed by atoms with van der Waals surface area (Å²) in [7, 11) is 0. The van der Waals surface area contributed by atoms with E-state index in [1.54, 1.807) is 24.3 Å². The van der Waals surface area contributed by atoms with E-state index in [2.05, 4.69) is 17.6 Å². The highest BCUT2D eigenvalue weighted by Crippen LogP contribution is 2.23. The predicted octanol–water partition coefficient (Wildman–Crippen LogP) is 5.19. The molecule has 6 nitrogen and oxygen atoms in total. The van der Waals surface area contributed by atoms with E-state index in [-0.39, 0.29) is 11.0 Å². The van der Waals surface area contributed by atoms with Gasteiger partial charge >= 0.3 is 0 Å². The lowest BCUT2D eigenvalue weighted by Gasteiger charge is -2.14. The molecule has 0 atom stereocenters. The zero-order chi connectivity index (χ0) is 22.3. The predicted molar refractivity (Wildman–Crippen MR) is 128 cm³/mol. The molecule has 0 radical (unpaired) electrons. The van der Waals surface area contributed by atoms with Gasteiger partial charge in [-0.25, -0.2) is 0 Å². The lowest BCUT2D eigenvalue weighted by atomic mass is 10.2. The van der Waals surface area contributed by atoms with Gasteiger partial charge in [0, 0.05) is 12.2 Å². The lowest BCUT2D eigenvalue weighted by Crippen LogP contribution is -2.34. The average molecular weight is 445 g/mol. The number of ether oxygens (including phenoxy) is 3. The molecule has 0 aliphatic heterocycles. The first-order chi connectivity index (χ1) is 15.1. The van der Waals surface area contributed by atoms with E-state index < -0.39 is 0 Å². The Morgan fingerprint density at radius 1 is 0.903 bits per heavy atom. The minimum absolute atomic E-state index is 0.196. The molecule has 2 rings (SSSR count). The number of para-hydroxylation sites is 2. The van der Waals surface area contributed by atoms with Gasteiger partial charge in [-0.15, -0.1) is 0 Å². The number of carbonyl (C=O) groups is 1. The van der Waals surface area contributed by atoms with Gasteiger partial charge in [0.2, 0.25) is 0 Å². The zero-order valence-electron chi connectivity index (χ0n) is 18.3. The molecule has 168 valence electrons. The SMILES string of the molecule is CCCCCCOc1ccc(C(=O)NC(=S)Nc2ccccc2OCCOCC)cc1. The van der Waals surface area contributed by atoms with Crippen LogP contribution >= 0.6 is 12.2 Å². The molecule has 7 heteroatoms. The molecule has 0 saturated heterocycles. The van der Waals surface area contributed by atoms with Crippen LogP contribution in [0.4, 0.5) is 5.69 Å². The largest absolute Gasteiger partial charge is 0.494 e. The van der Waals surface area contributed by atoms with Gasteiger partial charge in [0.25, 0.3) is 5.91 Å². The monoisotopic (exact) mass is 444 g/mol. The molecule has 31 heavy (non-hydrogen) atoms. The van der Waals surface area contributed by atoms with Crippen molar-refractivity contribution in [3.05, 3.63) is 54.1 Å². The van der Waals surface area contributed by atoms with Gasteiger partial charge in [-0.3, -0.25) is 10.1 Å². The lowest BCUT2D eigenvalue weighted by molar-refractivity contribution is 0.0977. The van der Waals surface area contributed by atoms with Crippen molar-refractivity contribution < 1.29 is 19.0 Å². The number of rotatable bonds is 13. The van der Waals surface area contributed by atoms with Crippen LogP contribution in [0.5, 0.6) is 11.5 Å². The Bertz CT molecular complexity index is 811. The Labute approximate surface area is 190 Å². The molecule has 0 aliphatic carbocycles. The smallest absolute Gasteiger partial charge is 0.257 e. The molecule has 1 amide bonds. The van der Waals surface area contributed by atoms with Gasteiger partial charge < -0.3 is 19.5 Å². The van der Waals surface area contributed by atoms with E-state index in [1.165, 1.54) is 19.3 Å². The molecule has 2 aromatic carbocycles. The van der Waals surface area contributed by atoms with Crippen LogP contribution in [0.2, 0.25) is 0 Å². The second kappa shape index (κ2) is 14.4. The van der Waals surface area contributed by atoms with Crippen LogP contribution in [0.3, 0.4) is 0 Å². The number of nitrogens with one attached hydrogen (secondary N) is 2. The molecular weight excluding hydrogens is 412 g/mol. The first-order valence-corrected chi connectivity index (χ1v) is 11.2. The normalized spacial score (nSPS) is 10.4. The molecule has 2 N–H and O–H groups in total. The van der Waals surface area contributed by atoms with Crippen LogP contribution in [0.25, 0.3) is 0 Å². The molecule has 0 aromatic heterocycles. The summed E-state index contributed by atoms with van der Waals surface area (Å²) < 4.78 is 16.7. The summed E-state index contributed by atoms with van der Waals surface area (Å²) in [6.07, 6.45) is 4.63. The van der Waals surface area contributed by atoms with Crippen molar-refractivity contribution in [2.24, 2.45) is 0 Å². The third-order valence-corrected chi connectivity index (χ3v) is 4.64. The van der Waals surface area contributed by atoms with Crippen molar-refractivity contribution in [3.8, 4) is 11.5 Å². The highest BCUT2D eigenvalue weighted by Gasteiger charge is 2.10. The fraction of sp³-hybridized carbons (Fsp3) is 0.417. The van der Waals surface area contributed by atoms with Crippen LogP contribution in [-0.4, -0.2) is 37.4 Å². The van der Waals surface area contributed by atoms with Crippen LogP contribution in [0.1, 0.15) is 49.9 Å². The topological polar surface area (TPSA) is 68.8 Å². The summed E-state index contributed by atoms with van der Waals surface area (Å²) in [5.41, 5.74) is 1.18. The number of benzene rings is 2. The number of thiocarbonyl (C=S) groups is 1. The van der Waals surface area contributed by atoms with Gasteiger partial charge in [-0.1, -0.05) is 38.3 Å². The Morgan fingerprint density at radius 3 is 2.42 bits per heavy atom. The molecule has 0 heterocycles. The van der Waals surface area contributed by atoms with Crippen molar-refractivity contribution in [2.45, 2.75) is 39.5 Å². The number of hydrogen-bond donors (Lipinski definition) is 2. The maximum absolute atomic E-state index is 12.5. The standard InChI is InChI=1S/C24H32N2O4S/c1-3-5-6-9-16-29-20-14-12-19(13-15-20)23(27)26-24(31)25-21-10-7-8-11-22(21)30-18-17-28-4-2/h7-8,10-15H,3-6,9,16-18H2,1-2H3,(H2,25,26,27,31). The van der Waals surface area contributed by atoms with E-state index in [9.17, 15) is 4.79 Å². The van der Waals surface area contributed by atoms with E-state index in [0.717, 1.165) is 12.2 Å². The number of unbranched alkanes of at least 4 members (excludes halogenated alkanes) is 3. The minimum atomic E-state index is -0.290. The van der Waals surface area contributed by atoms with Crippen molar-refractivity contribution >= 4 is 28.9 Å². The summed E-state index contributed by atoms with van der Waals surface area (Å²) in [4.78, 5) is 12.5. The van der Waals surface area contributed by atoms with E-state index in [1.807, 2.05) is 31.2 Å². The Balaban J connectivity index is 1.82. The van der Waals surface area contributed by atoms with E-state index in [0.29, 0.717) is 43.4 Å². The summed E-state index contributed by atoms with van der Waals surface area (Å²) in [5, 5.41) is 5.91. The minimum Gasteiger partial charge on any atom is -0.494 e. The molecule has 0 bridgehead atoms. The fourth-order valence-corrected chi connectivity index (χ4v) is 3.00. The molecule has 0 aliphatic rings. The molecule has 0 spiro atoms. The Kier molecular flexibility index (Phi) is 11.4. The summed E-state index contributed by atoms with van der Waals surface area (Å²) in [5.74, 6) is 1.10. The van der Waals surface area contributed by atoms with Crippen LogP contribution in [-0.2, 0) is 4.74 Å². The molecule has 2 aromatic rings. The second-order valence-corrected chi connectivity index (χ2v) is 7.29. The third kappa shape index (κ3) is 9.36. The zero-order valence-corrected chi connectivity index (χ0v) is 19.1. The van der Waals surface area contributed by atoms with Crippen molar-refractivity contribution in [3.63, 3.8) is 0 Å². The summed E-state index contributed by atoms with van der Waals surface area (Å²) >= 11 is 5.30. The van der Waals surface area contributed by atoms with E-state index in [4.69, 9.17) is 26.4 Å². The maximum atomic E-state index is 12.5. The second-order valence-electron chi connectivity index (χ2n) is 6.88.